The summed E-state index contributed by atoms with van der Waals surface area (Å²) in [6, 6.07) is 5.33. The number of carbonyl (C=O) groups is 1. The van der Waals surface area contributed by atoms with Gasteiger partial charge in [0.05, 0.1) is 12.2 Å². The molecule has 2 rings (SSSR count). The van der Waals surface area contributed by atoms with Gasteiger partial charge in [-0.05, 0) is 38.5 Å². The monoisotopic (exact) mass is 322 g/mol. The Balaban J connectivity index is 1.98. The SMILES string of the molecule is CCCCOC(=O)c1ccc(N2CCN(C(C)C)CC2)cc1F. The van der Waals surface area contributed by atoms with Crippen LogP contribution in [0.25, 0.3) is 0 Å². The summed E-state index contributed by atoms with van der Waals surface area (Å²) < 4.78 is 19.3. The van der Waals surface area contributed by atoms with Gasteiger partial charge >= 0.3 is 5.97 Å². The number of piperazine rings is 1. The number of esters is 1. The minimum absolute atomic E-state index is 0.0191. The van der Waals surface area contributed by atoms with E-state index >= 15 is 0 Å². The molecule has 4 nitrogen and oxygen atoms in total. The zero-order valence-electron chi connectivity index (χ0n) is 14.3. The van der Waals surface area contributed by atoms with Crippen molar-refractivity contribution in [3.63, 3.8) is 0 Å². The van der Waals surface area contributed by atoms with Gasteiger partial charge in [0.1, 0.15) is 5.82 Å². The summed E-state index contributed by atoms with van der Waals surface area (Å²) in [5.74, 6) is -1.08. The summed E-state index contributed by atoms with van der Waals surface area (Å²) in [4.78, 5) is 16.4. The largest absolute Gasteiger partial charge is 0.462 e. The summed E-state index contributed by atoms with van der Waals surface area (Å²) in [6.45, 7) is 10.4. The Hall–Kier alpha value is -1.62. The number of rotatable bonds is 6. The van der Waals surface area contributed by atoms with Gasteiger partial charge in [-0.1, -0.05) is 13.3 Å². The Kier molecular flexibility index (Phi) is 6.39. The van der Waals surface area contributed by atoms with E-state index in [1.165, 1.54) is 12.1 Å². The van der Waals surface area contributed by atoms with E-state index in [-0.39, 0.29) is 5.56 Å². The first-order valence-electron chi connectivity index (χ1n) is 8.48. The summed E-state index contributed by atoms with van der Waals surface area (Å²) in [7, 11) is 0. The first kappa shape index (κ1) is 17.7. The molecule has 1 heterocycles. The maximum atomic E-state index is 14.2. The second-order valence-corrected chi connectivity index (χ2v) is 6.27. The van der Waals surface area contributed by atoms with Crippen LogP contribution in [0, 0.1) is 5.82 Å². The third-order valence-electron chi connectivity index (χ3n) is 4.31. The van der Waals surface area contributed by atoms with Gasteiger partial charge in [0.15, 0.2) is 0 Å². The van der Waals surface area contributed by atoms with E-state index < -0.39 is 11.8 Å². The maximum Gasteiger partial charge on any atom is 0.341 e. The van der Waals surface area contributed by atoms with E-state index in [4.69, 9.17) is 4.74 Å². The zero-order chi connectivity index (χ0) is 16.8. The molecule has 0 amide bonds. The van der Waals surface area contributed by atoms with Crippen molar-refractivity contribution in [2.24, 2.45) is 0 Å². The molecule has 0 radical (unpaired) electrons. The average Bonchev–Trinajstić information content (AvgIpc) is 2.55. The summed E-state index contributed by atoms with van der Waals surface area (Å²) in [5, 5.41) is 0. The van der Waals surface area contributed by atoms with Crippen molar-refractivity contribution >= 4 is 11.7 Å². The fourth-order valence-electron chi connectivity index (χ4n) is 2.75. The number of hydrogen-bond acceptors (Lipinski definition) is 4. The van der Waals surface area contributed by atoms with Crippen molar-refractivity contribution < 1.29 is 13.9 Å². The smallest absolute Gasteiger partial charge is 0.341 e. The summed E-state index contributed by atoms with van der Waals surface area (Å²) in [5.41, 5.74) is 0.849. The Labute approximate surface area is 138 Å². The van der Waals surface area contributed by atoms with E-state index in [9.17, 15) is 9.18 Å². The number of unbranched alkanes of at least 4 members (excludes halogenated alkanes) is 1. The van der Waals surface area contributed by atoms with Crippen LogP contribution in [0.1, 0.15) is 44.0 Å². The van der Waals surface area contributed by atoms with E-state index in [2.05, 4.69) is 23.6 Å². The van der Waals surface area contributed by atoms with Gasteiger partial charge in [0.25, 0.3) is 0 Å². The van der Waals surface area contributed by atoms with Gasteiger partial charge in [-0.15, -0.1) is 0 Å². The molecule has 0 aliphatic carbocycles. The number of carbonyl (C=O) groups excluding carboxylic acids is 1. The second-order valence-electron chi connectivity index (χ2n) is 6.27. The molecule has 0 N–H and O–H groups in total. The zero-order valence-corrected chi connectivity index (χ0v) is 14.3. The molecule has 1 aliphatic heterocycles. The molecule has 1 saturated heterocycles. The number of ether oxygens (including phenoxy) is 1. The molecule has 0 atom stereocenters. The van der Waals surface area contributed by atoms with Gasteiger partial charge in [-0.2, -0.15) is 0 Å². The van der Waals surface area contributed by atoms with Crippen molar-refractivity contribution in [3.8, 4) is 0 Å². The lowest BCUT2D eigenvalue weighted by Crippen LogP contribution is -2.48. The molecule has 128 valence electrons. The number of hydrogen-bond donors (Lipinski definition) is 0. The minimum Gasteiger partial charge on any atom is -0.462 e. The lowest BCUT2D eigenvalue weighted by Gasteiger charge is -2.38. The standard InChI is InChI=1S/C18H27FN2O2/c1-4-5-12-23-18(22)16-7-6-15(13-17(16)19)21-10-8-20(9-11-21)14(2)3/h6-7,13-14H,4-5,8-12H2,1-3H3. The highest BCUT2D eigenvalue weighted by molar-refractivity contribution is 5.90. The predicted octanol–water partition coefficient (Wildman–Crippen LogP) is 3.31. The molecule has 1 aliphatic rings. The van der Waals surface area contributed by atoms with E-state index in [0.717, 1.165) is 44.7 Å². The highest BCUT2D eigenvalue weighted by atomic mass is 19.1. The van der Waals surface area contributed by atoms with Crippen LogP contribution in [0.2, 0.25) is 0 Å². The van der Waals surface area contributed by atoms with Crippen molar-refractivity contribution in [3.05, 3.63) is 29.6 Å². The fraction of sp³-hybridized carbons (Fsp3) is 0.611. The molecule has 0 unspecified atom stereocenters. The number of halogens is 1. The van der Waals surface area contributed by atoms with Gasteiger partial charge in [0, 0.05) is 37.9 Å². The lowest BCUT2D eigenvalue weighted by molar-refractivity contribution is 0.0494. The first-order valence-corrected chi connectivity index (χ1v) is 8.48. The Morgan fingerprint density at radius 3 is 2.52 bits per heavy atom. The normalized spacial score (nSPS) is 16.0. The highest BCUT2D eigenvalue weighted by Crippen LogP contribution is 2.21. The van der Waals surface area contributed by atoms with Crippen molar-refractivity contribution in [1.29, 1.82) is 0 Å². The van der Waals surface area contributed by atoms with Crippen LogP contribution in [0.4, 0.5) is 10.1 Å². The minimum atomic E-state index is -0.577. The molecule has 0 bridgehead atoms. The number of nitrogens with zero attached hydrogens (tertiary/aromatic N) is 2. The molecule has 23 heavy (non-hydrogen) atoms. The van der Waals surface area contributed by atoms with Crippen LogP contribution in [0.3, 0.4) is 0 Å². The van der Waals surface area contributed by atoms with Crippen LogP contribution >= 0.6 is 0 Å². The Morgan fingerprint density at radius 1 is 1.26 bits per heavy atom. The average molecular weight is 322 g/mol. The van der Waals surface area contributed by atoms with Crippen LogP contribution < -0.4 is 4.90 Å². The van der Waals surface area contributed by atoms with E-state index in [0.29, 0.717) is 12.6 Å². The van der Waals surface area contributed by atoms with Gasteiger partial charge in [-0.3, -0.25) is 4.90 Å². The lowest BCUT2D eigenvalue weighted by atomic mass is 10.1. The third-order valence-corrected chi connectivity index (χ3v) is 4.31. The molecule has 1 aromatic rings. The number of benzene rings is 1. The third kappa shape index (κ3) is 4.67. The van der Waals surface area contributed by atoms with Crippen molar-refractivity contribution in [2.45, 2.75) is 39.7 Å². The molecule has 1 fully saturated rings. The maximum absolute atomic E-state index is 14.2. The number of anilines is 1. The summed E-state index contributed by atoms with van der Waals surface area (Å²) >= 11 is 0. The van der Waals surface area contributed by atoms with Crippen molar-refractivity contribution in [2.75, 3.05) is 37.7 Å². The molecule has 5 heteroatoms. The molecular formula is C18H27FN2O2. The second kappa shape index (κ2) is 8.29. The molecule has 0 saturated carbocycles. The topological polar surface area (TPSA) is 32.8 Å². The summed E-state index contributed by atoms with van der Waals surface area (Å²) in [6.07, 6.45) is 1.74. The molecular weight excluding hydrogens is 295 g/mol. The van der Waals surface area contributed by atoms with E-state index in [1.54, 1.807) is 0 Å². The highest BCUT2D eigenvalue weighted by Gasteiger charge is 2.21. The van der Waals surface area contributed by atoms with Crippen LogP contribution in [0.15, 0.2) is 18.2 Å². The van der Waals surface area contributed by atoms with Gasteiger partial charge in [-0.25, -0.2) is 9.18 Å². The van der Waals surface area contributed by atoms with Gasteiger partial charge < -0.3 is 9.64 Å². The van der Waals surface area contributed by atoms with E-state index in [1.807, 2.05) is 13.0 Å². The van der Waals surface area contributed by atoms with Crippen molar-refractivity contribution in [1.82, 2.24) is 4.90 Å². The van der Waals surface area contributed by atoms with Crippen LogP contribution in [0.5, 0.6) is 0 Å². The molecule has 1 aromatic carbocycles. The first-order chi connectivity index (χ1) is 11.0. The van der Waals surface area contributed by atoms with Crippen LogP contribution in [-0.2, 0) is 4.74 Å². The predicted molar refractivity (Wildman–Crippen MR) is 90.5 cm³/mol. The molecule has 0 aromatic heterocycles. The molecule has 0 spiro atoms. The van der Waals surface area contributed by atoms with Gasteiger partial charge in [0.2, 0.25) is 0 Å². The quantitative estimate of drug-likeness (QED) is 0.594. The van der Waals surface area contributed by atoms with Crippen LogP contribution in [-0.4, -0.2) is 49.7 Å². The Morgan fingerprint density at radius 2 is 1.96 bits per heavy atom. The fourth-order valence-corrected chi connectivity index (χ4v) is 2.75. The Bertz CT molecular complexity index is 526.